The summed E-state index contributed by atoms with van der Waals surface area (Å²) in [6.07, 6.45) is 5.03. The molecule has 1 aromatic heterocycles. The van der Waals surface area contributed by atoms with Crippen LogP contribution in [0.1, 0.15) is 30.0 Å². The van der Waals surface area contributed by atoms with E-state index in [4.69, 9.17) is 16.3 Å². The van der Waals surface area contributed by atoms with Gasteiger partial charge in [0.15, 0.2) is 0 Å². The van der Waals surface area contributed by atoms with E-state index in [0.717, 1.165) is 25.1 Å². The van der Waals surface area contributed by atoms with Crippen LogP contribution in [0.5, 0.6) is 0 Å². The molecule has 2 unspecified atom stereocenters. The Bertz CT molecular complexity index is 626. The van der Waals surface area contributed by atoms with Gasteiger partial charge in [0.2, 0.25) is 0 Å². The Labute approximate surface area is 133 Å². The molecule has 1 N–H and O–H groups in total. The molecule has 3 rings (SSSR count). The molecule has 0 amide bonds. The van der Waals surface area contributed by atoms with E-state index in [1.54, 1.807) is 24.7 Å². The minimum absolute atomic E-state index is 0.108. The van der Waals surface area contributed by atoms with Gasteiger partial charge >= 0.3 is 0 Å². The highest BCUT2D eigenvalue weighted by molar-refractivity contribution is 6.30. The molecule has 1 fully saturated rings. The Morgan fingerprint density at radius 1 is 1.36 bits per heavy atom. The molecule has 2 atom stereocenters. The van der Waals surface area contributed by atoms with Crippen LogP contribution in [-0.2, 0) is 11.3 Å². The fourth-order valence-electron chi connectivity index (χ4n) is 2.65. The molecule has 1 aromatic carbocycles. The second-order valence-corrected chi connectivity index (χ2v) is 5.78. The van der Waals surface area contributed by atoms with Crippen molar-refractivity contribution in [1.82, 2.24) is 15.3 Å². The van der Waals surface area contributed by atoms with Crippen LogP contribution < -0.4 is 5.32 Å². The smallest absolute Gasteiger partial charge is 0.130 e. The molecule has 4 nitrogen and oxygen atoms in total. The SMILES string of the molecule is Fc1cc(Cl)ccc1COC1CC(c2ccncn2)CCN1. The third-order valence-electron chi connectivity index (χ3n) is 3.84. The zero-order valence-electron chi connectivity index (χ0n) is 12.0. The van der Waals surface area contributed by atoms with Crippen LogP contribution in [0.15, 0.2) is 36.8 Å². The summed E-state index contributed by atoms with van der Waals surface area (Å²) in [5.74, 6) is -0.0000235. The van der Waals surface area contributed by atoms with Gasteiger partial charge in [-0.3, -0.25) is 5.32 Å². The van der Waals surface area contributed by atoms with Crippen LogP contribution in [0.3, 0.4) is 0 Å². The minimum Gasteiger partial charge on any atom is -0.359 e. The predicted octanol–water partition coefficient (Wildman–Crippen LogP) is 3.28. The van der Waals surface area contributed by atoms with Crippen molar-refractivity contribution in [2.24, 2.45) is 0 Å². The molecule has 1 aliphatic rings. The lowest BCUT2D eigenvalue weighted by atomic mass is 9.93. The van der Waals surface area contributed by atoms with Crippen molar-refractivity contribution < 1.29 is 9.13 Å². The Hall–Kier alpha value is -1.56. The summed E-state index contributed by atoms with van der Waals surface area (Å²) in [5.41, 5.74) is 1.54. The lowest BCUT2D eigenvalue weighted by molar-refractivity contribution is -0.00547. The van der Waals surface area contributed by atoms with E-state index in [1.807, 2.05) is 6.07 Å². The van der Waals surface area contributed by atoms with E-state index in [1.165, 1.54) is 6.07 Å². The second-order valence-electron chi connectivity index (χ2n) is 5.35. The van der Waals surface area contributed by atoms with Crippen LogP contribution in [-0.4, -0.2) is 22.7 Å². The standard InChI is InChI=1S/C16H17ClFN3O/c17-13-2-1-12(14(18)8-13)9-22-16-7-11(3-6-20-16)15-4-5-19-10-21-15/h1-2,4-5,8,10-11,16,20H,3,6-7,9H2. The highest BCUT2D eigenvalue weighted by Crippen LogP contribution is 2.27. The zero-order chi connectivity index (χ0) is 15.4. The third kappa shape index (κ3) is 3.80. The first kappa shape index (κ1) is 15.3. The summed E-state index contributed by atoms with van der Waals surface area (Å²) in [5, 5.41) is 3.70. The van der Waals surface area contributed by atoms with Gasteiger partial charge in [0.05, 0.1) is 6.61 Å². The average Bonchev–Trinajstić information content (AvgIpc) is 2.55. The van der Waals surface area contributed by atoms with E-state index in [9.17, 15) is 4.39 Å². The van der Waals surface area contributed by atoms with Crippen molar-refractivity contribution in [3.8, 4) is 0 Å². The number of hydrogen-bond donors (Lipinski definition) is 1. The Kier molecular flexibility index (Phi) is 4.97. The molecule has 0 spiro atoms. The number of nitrogens with one attached hydrogen (secondary N) is 1. The number of piperidine rings is 1. The first-order valence-electron chi connectivity index (χ1n) is 7.27. The number of halogens is 2. The molecular weight excluding hydrogens is 305 g/mol. The van der Waals surface area contributed by atoms with Gasteiger partial charge in [0, 0.05) is 28.4 Å². The number of rotatable bonds is 4. The fourth-order valence-corrected chi connectivity index (χ4v) is 2.80. The van der Waals surface area contributed by atoms with Gasteiger partial charge in [-0.15, -0.1) is 0 Å². The summed E-state index contributed by atoms with van der Waals surface area (Å²) in [6.45, 7) is 1.07. The summed E-state index contributed by atoms with van der Waals surface area (Å²) in [7, 11) is 0. The Morgan fingerprint density at radius 2 is 2.27 bits per heavy atom. The fraction of sp³-hybridized carbons (Fsp3) is 0.375. The van der Waals surface area contributed by atoms with Gasteiger partial charge in [-0.1, -0.05) is 17.7 Å². The maximum Gasteiger partial charge on any atom is 0.130 e. The maximum absolute atomic E-state index is 13.7. The average molecular weight is 322 g/mol. The molecule has 1 saturated heterocycles. The minimum atomic E-state index is -0.337. The molecule has 0 radical (unpaired) electrons. The monoisotopic (exact) mass is 321 g/mol. The molecule has 22 heavy (non-hydrogen) atoms. The normalized spacial score (nSPS) is 21.7. The van der Waals surface area contributed by atoms with Gasteiger partial charge in [0.25, 0.3) is 0 Å². The van der Waals surface area contributed by atoms with Gasteiger partial charge in [-0.05, 0) is 37.6 Å². The zero-order valence-corrected chi connectivity index (χ0v) is 12.8. The molecule has 0 saturated carbocycles. The quantitative estimate of drug-likeness (QED) is 0.938. The second kappa shape index (κ2) is 7.13. The number of nitrogens with zero attached hydrogens (tertiary/aromatic N) is 2. The molecule has 0 aliphatic carbocycles. The van der Waals surface area contributed by atoms with Gasteiger partial charge < -0.3 is 4.74 Å². The molecule has 0 bridgehead atoms. The molecule has 2 heterocycles. The maximum atomic E-state index is 13.7. The summed E-state index contributed by atoms with van der Waals surface area (Å²) >= 11 is 5.75. The van der Waals surface area contributed by atoms with Crippen molar-refractivity contribution in [3.63, 3.8) is 0 Å². The highest BCUT2D eigenvalue weighted by Gasteiger charge is 2.24. The van der Waals surface area contributed by atoms with Crippen LogP contribution >= 0.6 is 11.6 Å². The van der Waals surface area contributed by atoms with Gasteiger partial charge in [-0.25, -0.2) is 14.4 Å². The van der Waals surface area contributed by atoms with E-state index in [0.29, 0.717) is 16.5 Å². The molecule has 6 heteroatoms. The molecular formula is C16H17ClFN3O. The summed E-state index contributed by atoms with van der Waals surface area (Å²) in [4.78, 5) is 8.25. The van der Waals surface area contributed by atoms with Crippen LogP contribution in [0, 0.1) is 5.82 Å². The molecule has 2 aromatic rings. The number of benzene rings is 1. The lowest BCUT2D eigenvalue weighted by Crippen LogP contribution is -2.39. The van der Waals surface area contributed by atoms with Gasteiger partial charge in [0.1, 0.15) is 18.4 Å². The van der Waals surface area contributed by atoms with E-state index in [2.05, 4.69) is 15.3 Å². The Balaban J connectivity index is 1.59. The number of ether oxygens (including phenoxy) is 1. The van der Waals surface area contributed by atoms with Gasteiger partial charge in [-0.2, -0.15) is 0 Å². The topological polar surface area (TPSA) is 47.0 Å². The first-order valence-corrected chi connectivity index (χ1v) is 7.65. The summed E-state index contributed by atoms with van der Waals surface area (Å²) < 4.78 is 19.5. The third-order valence-corrected chi connectivity index (χ3v) is 4.08. The first-order chi connectivity index (χ1) is 10.7. The van der Waals surface area contributed by atoms with Crippen LogP contribution in [0.2, 0.25) is 5.02 Å². The van der Waals surface area contributed by atoms with Crippen LogP contribution in [0.4, 0.5) is 4.39 Å². The predicted molar refractivity (Wildman–Crippen MR) is 82.0 cm³/mol. The Morgan fingerprint density at radius 3 is 3.05 bits per heavy atom. The van der Waals surface area contributed by atoms with Crippen molar-refractivity contribution in [2.45, 2.75) is 31.6 Å². The number of aromatic nitrogens is 2. The lowest BCUT2D eigenvalue weighted by Gasteiger charge is -2.30. The van der Waals surface area contributed by atoms with E-state index in [-0.39, 0.29) is 18.7 Å². The number of hydrogen-bond acceptors (Lipinski definition) is 4. The van der Waals surface area contributed by atoms with Crippen molar-refractivity contribution in [3.05, 3.63) is 58.9 Å². The van der Waals surface area contributed by atoms with Crippen LogP contribution in [0.25, 0.3) is 0 Å². The van der Waals surface area contributed by atoms with Crippen molar-refractivity contribution >= 4 is 11.6 Å². The highest BCUT2D eigenvalue weighted by atomic mass is 35.5. The molecule has 1 aliphatic heterocycles. The summed E-state index contributed by atoms with van der Waals surface area (Å²) in [6, 6.07) is 6.56. The van der Waals surface area contributed by atoms with E-state index < -0.39 is 0 Å². The largest absolute Gasteiger partial charge is 0.359 e. The molecule has 116 valence electrons. The van der Waals surface area contributed by atoms with E-state index >= 15 is 0 Å². The van der Waals surface area contributed by atoms with Crippen molar-refractivity contribution in [1.29, 1.82) is 0 Å². The van der Waals surface area contributed by atoms with Crippen molar-refractivity contribution in [2.75, 3.05) is 6.54 Å².